The van der Waals surface area contributed by atoms with Crippen LogP contribution in [0.5, 0.6) is 0 Å². The van der Waals surface area contributed by atoms with Crippen LogP contribution in [0.1, 0.15) is 29.3 Å². The van der Waals surface area contributed by atoms with Crippen LogP contribution in [-0.2, 0) is 12.5 Å². The second kappa shape index (κ2) is 5.83. The van der Waals surface area contributed by atoms with Gasteiger partial charge in [-0.15, -0.1) is 0 Å². The molecule has 0 saturated carbocycles. The summed E-state index contributed by atoms with van der Waals surface area (Å²) in [4.78, 5) is 4.45. The number of hydrogen-bond donors (Lipinski definition) is 0. The molecule has 0 unspecified atom stereocenters. The van der Waals surface area contributed by atoms with Crippen molar-refractivity contribution in [3.8, 4) is 5.69 Å². The van der Waals surface area contributed by atoms with Gasteiger partial charge in [-0.3, -0.25) is 4.99 Å². The third-order valence-electron chi connectivity index (χ3n) is 4.45. The molecule has 0 N–H and O–H groups in total. The average Bonchev–Trinajstić information content (AvgIpc) is 3.00. The third-order valence-corrected chi connectivity index (χ3v) is 4.45. The Morgan fingerprint density at radius 2 is 1.81 bits per heavy atom. The molecule has 0 radical (unpaired) electrons. The monoisotopic (exact) mass is 358 g/mol. The van der Waals surface area contributed by atoms with Crippen LogP contribution in [0.4, 0.5) is 17.6 Å². The van der Waals surface area contributed by atoms with E-state index in [0.29, 0.717) is 35.1 Å². The summed E-state index contributed by atoms with van der Waals surface area (Å²) in [6, 6.07) is 11.8. The highest BCUT2D eigenvalue weighted by Gasteiger charge is 2.29. The number of rotatable bonds is 2. The van der Waals surface area contributed by atoms with Crippen molar-refractivity contribution in [3.63, 3.8) is 0 Å². The first-order chi connectivity index (χ1) is 12.4. The highest BCUT2D eigenvalue weighted by molar-refractivity contribution is 6.12. The van der Waals surface area contributed by atoms with Gasteiger partial charge in [-0.2, -0.15) is 0 Å². The smallest absolute Gasteiger partial charge is 0.273 e. The molecular weight excluding hydrogens is 344 g/mol. The Morgan fingerprint density at radius 1 is 1.00 bits per heavy atom. The zero-order valence-corrected chi connectivity index (χ0v) is 13.8. The Hall–Kier alpha value is -2.89. The van der Waals surface area contributed by atoms with Gasteiger partial charge in [0.25, 0.3) is 5.92 Å². The van der Waals surface area contributed by atoms with E-state index in [9.17, 15) is 17.6 Å². The van der Waals surface area contributed by atoms with Gasteiger partial charge in [0, 0.05) is 24.2 Å². The van der Waals surface area contributed by atoms with Gasteiger partial charge in [-0.25, -0.2) is 17.6 Å². The van der Waals surface area contributed by atoms with E-state index in [1.54, 1.807) is 35.0 Å². The first-order valence-corrected chi connectivity index (χ1v) is 8.04. The van der Waals surface area contributed by atoms with Crippen LogP contribution in [0.25, 0.3) is 5.69 Å². The Bertz CT molecular complexity index is 1030. The van der Waals surface area contributed by atoms with E-state index < -0.39 is 17.3 Å². The van der Waals surface area contributed by atoms with Gasteiger partial charge in [0.15, 0.2) is 0 Å². The fourth-order valence-electron chi connectivity index (χ4n) is 3.20. The van der Waals surface area contributed by atoms with Crippen molar-refractivity contribution in [2.75, 3.05) is 0 Å². The van der Waals surface area contributed by atoms with Crippen molar-refractivity contribution in [2.45, 2.75) is 19.4 Å². The van der Waals surface area contributed by atoms with E-state index in [1.807, 2.05) is 0 Å². The zero-order chi connectivity index (χ0) is 18.5. The maximum Gasteiger partial charge on any atom is 0.273 e. The third kappa shape index (κ3) is 2.62. The molecule has 2 nitrogen and oxygen atoms in total. The molecule has 132 valence electrons. The van der Waals surface area contributed by atoms with E-state index in [0.717, 1.165) is 12.1 Å². The molecule has 1 aliphatic rings. The number of halogens is 4. The molecule has 0 amide bonds. The van der Waals surface area contributed by atoms with E-state index in [4.69, 9.17) is 0 Å². The molecule has 4 rings (SSSR count). The van der Waals surface area contributed by atoms with Crippen molar-refractivity contribution < 1.29 is 17.6 Å². The summed E-state index contributed by atoms with van der Waals surface area (Å²) in [5.41, 5.74) is 1.78. The first-order valence-electron chi connectivity index (χ1n) is 8.04. The number of aliphatic imine (C=N–C) groups is 1. The van der Waals surface area contributed by atoms with Gasteiger partial charge in [0.2, 0.25) is 0 Å². The Morgan fingerprint density at radius 3 is 2.58 bits per heavy atom. The molecule has 1 aromatic heterocycles. The van der Waals surface area contributed by atoms with Crippen LogP contribution < -0.4 is 0 Å². The van der Waals surface area contributed by atoms with E-state index >= 15 is 0 Å². The van der Waals surface area contributed by atoms with Gasteiger partial charge < -0.3 is 4.57 Å². The molecule has 3 aromatic rings. The maximum atomic E-state index is 14.2. The van der Waals surface area contributed by atoms with Gasteiger partial charge in [0.05, 0.1) is 29.2 Å². The normalized spacial score (nSPS) is 13.7. The number of hydrogen-bond acceptors (Lipinski definition) is 1. The van der Waals surface area contributed by atoms with Crippen molar-refractivity contribution in [3.05, 3.63) is 88.7 Å². The maximum absolute atomic E-state index is 14.2. The van der Waals surface area contributed by atoms with Gasteiger partial charge in [0.1, 0.15) is 11.6 Å². The molecule has 0 fully saturated rings. The molecule has 0 atom stereocenters. The van der Waals surface area contributed by atoms with Gasteiger partial charge in [-0.05, 0) is 42.5 Å². The molecule has 2 aromatic carbocycles. The van der Waals surface area contributed by atoms with Crippen LogP contribution >= 0.6 is 0 Å². The zero-order valence-electron chi connectivity index (χ0n) is 13.8. The largest absolute Gasteiger partial charge is 0.315 e. The summed E-state index contributed by atoms with van der Waals surface area (Å²) in [7, 11) is 0. The molecule has 0 bridgehead atoms. The summed E-state index contributed by atoms with van der Waals surface area (Å²) in [5.74, 6) is -4.67. The number of nitrogens with zero attached hydrogens (tertiary/aromatic N) is 2. The number of fused-ring (bicyclic) bond motifs is 3. The van der Waals surface area contributed by atoms with Crippen LogP contribution in [0.2, 0.25) is 0 Å². The van der Waals surface area contributed by atoms with Gasteiger partial charge >= 0.3 is 0 Å². The van der Waals surface area contributed by atoms with Crippen molar-refractivity contribution in [1.82, 2.24) is 4.57 Å². The van der Waals surface area contributed by atoms with Crippen LogP contribution in [0.15, 0.2) is 59.7 Å². The predicted molar refractivity (Wildman–Crippen MR) is 91.0 cm³/mol. The van der Waals surface area contributed by atoms with Crippen molar-refractivity contribution >= 4 is 5.71 Å². The standard InChI is InChI=1S/C20H14F4N2/c1-20(23,24)14-10-12(7-8-16(14)22)19-18-6-3-9-26(18)17-5-2-4-15(21)13(17)11-25-19/h2-10H,11H2,1H3. The average molecular weight is 358 g/mol. The summed E-state index contributed by atoms with van der Waals surface area (Å²) in [6.45, 7) is 0.715. The summed E-state index contributed by atoms with van der Waals surface area (Å²) < 4.78 is 57.3. The number of aromatic nitrogens is 1. The van der Waals surface area contributed by atoms with Crippen molar-refractivity contribution in [1.29, 1.82) is 0 Å². The lowest BCUT2D eigenvalue weighted by atomic mass is 10.0. The minimum absolute atomic E-state index is 0.0637. The molecule has 0 spiro atoms. The molecule has 0 aliphatic carbocycles. The molecular formula is C20H14F4N2. The number of benzene rings is 2. The van der Waals surface area contributed by atoms with Crippen molar-refractivity contribution in [2.24, 2.45) is 4.99 Å². The Kier molecular flexibility index (Phi) is 3.72. The number of alkyl halides is 2. The van der Waals surface area contributed by atoms with Crippen LogP contribution in [0.3, 0.4) is 0 Å². The van der Waals surface area contributed by atoms with Gasteiger partial charge in [-0.1, -0.05) is 6.07 Å². The second-order valence-electron chi connectivity index (χ2n) is 6.25. The molecule has 2 heterocycles. The second-order valence-corrected chi connectivity index (χ2v) is 6.25. The lowest BCUT2D eigenvalue weighted by molar-refractivity contribution is 0.0137. The first kappa shape index (κ1) is 16.6. The van der Waals surface area contributed by atoms with E-state index in [-0.39, 0.29) is 12.4 Å². The molecule has 0 saturated heterocycles. The molecule has 6 heteroatoms. The quantitative estimate of drug-likeness (QED) is 0.559. The highest BCUT2D eigenvalue weighted by atomic mass is 19.3. The fourth-order valence-corrected chi connectivity index (χ4v) is 3.20. The topological polar surface area (TPSA) is 17.3 Å². The highest BCUT2D eigenvalue weighted by Crippen LogP contribution is 2.32. The lowest BCUT2D eigenvalue weighted by Gasteiger charge is -2.15. The molecule has 1 aliphatic heterocycles. The van der Waals surface area contributed by atoms with Crippen LogP contribution in [-0.4, -0.2) is 10.3 Å². The predicted octanol–water partition coefficient (Wildman–Crippen LogP) is 5.22. The minimum atomic E-state index is -3.32. The Balaban J connectivity index is 1.91. The lowest BCUT2D eigenvalue weighted by Crippen LogP contribution is -2.14. The SMILES string of the molecule is CC(F)(F)c1cc(C2=NCc3c(F)cccc3-n3cccc32)ccc1F. The van der Waals surface area contributed by atoms with E-state index in [2.05, 4.69) is 4.99 Å². The van der Waals surface area contributed by atoms with Crippen LogP contribution in [0, 0.1) is 11.6 Å². The fraction of sp³-hybridized carbons (Fsp3) is 0.150. The minimum Gasteiger partial charge on any atom is -0.315 e. The molecule has 26 heavy (non-hydrogen) atoms. The summed E-state index contributed by atoms with van der Waals surface area (Å²) in [6.07, 6.45) is 1.76. The van der Waals surface area contributed by atoms with E-state index in [1.165, 1.54) is 12.1 Å². The summed E-state index contributed by atoms with van der Waals surface area (Å²) in [5, 5.41) is 0. The Labute approximate surface area is 147 Å². The summed E-state index contributed by atoms with van der Waals surface area (Å²) >= 11 is 0.